The Morgan fingerprint density at radius 1 is 0.617 bits per heavy atom. The van der Waals surface area contributed by atoms with Crippen molar-refractivity contribution in [3.8, 4) is 0 Å². The molecule has 12 heteroatoms. The van der Waals surface area contributed by atoms with Gasteiger partial charge in [-0.15, -0.1) is 0 Å². The highest BCUT2D eigenvalue weighted by atomic mass is 31.2. The molecule has 0 aliphatic rings. The van der Waals surface area contributed by atoms with Gasteiger partial charge < -0.3 is 38.1 Å². The van der Waals surface area contributed by atoms with E-state index in [1.807, 2.05) is 51.5 Å². The van der Waals surface area contributed by atoms with Crippen LogP contribution < -0.4 is 4.89 Å². The fourth-order valence-corrected chi connectivity index (χ4v) is 6.19. The zero-order valence-electron chi connectivity index (χ0n) is 37.8. The van der Waals surface area contributed by atoms with Gasteiger partial charge in [0, 0.05) is 12.8 Å². The van der Waals surface area contributed by atoms with E-state index in [0.717, 1.165) is 70.6 Å². The SMILES string of the molecule is CCCCC/C=C\C/C=C\C/C=C\CCCCCCC(=O)OC[C@H](COP(=O)([O-])OCC[N+](C)(C)C)OC(=O)CCC[C@H](O)/C=C/C=C\C/C=C\C=C\[C@H](O)CCCCC. The van der Waals surface area contributed by atoms with Crippen LogP contribution in [-0.4, -0.2) is 92.5 Å². The molecular weight excluding hydrogens is 781 g/mol. The van der Waals surface area contributed by atoms with Crippen molar-refractivity contribution in [2.45, 2.75) is 161 Å². The van der Waals surface area contributed by atoms with Crippen LogP contribution in [0.5, 0.6) is 0 Å². The van der Waals surface area contributed by atoms with Gasteiger partial charge in [-0.2, -0.15) is 0 Å². The third-order valence-corrected chi connectivity index (χ3v) is 10.1. The normalized spacial score (nSPS) is 15.4. The minimum Gasteiger partial charge on any atom is -0.756 e. The summed E-state index contributed by atoms with van der Waals surface area (Å²) < 4.78 is 33.7. The maximum Gasteiger partial charge on any atom is 0.306 e. The molecule has 0 aliphatic heterocycles. The Balaban J connectivity index is 4.65. The Bertz CT molecular complexity index is 1330. The Morgan fingerprint density at radius 2 is 1.13 bits per heavy atom. The third kappa shape index (κ3) is 41.8. The van der Waals surface area contributed by atoms with E-state index in [2.05, 4.69) is 50.3 Å². The molecule has 0 aromatic heterocycles. The number of nitrogens with zero attached hydrogens (tertiary/aromatic N) is 1. The Kier molecular flexibility index (Phi) is 37.1. The lowest BCUT2D eigenvalue weighted by atomic mass is 10.1. The number of carbonyl (C=O) groups is 2. The Labute approximate surface area is 364 Å². The highest BCUT2D eigenvalue weighted by molar-refractivity contribution is 7.45. The van der Waals surface area contributed by atoms with Crippen LogP contribution in [0.25, 0.3) is 0 Å². The number of hydrogen-bond acceptors (Lipinski definition) is 10. The number of ether oxygens (including phenoxy) is 2. The van der Waals surface area contributed by atoms with Crippen LogP contribution in [0.2, 0.25) is 0 Å². The number of aliphatic hydroxyl groups excluding tert-OH is 2. The van der Waals surface area contributed by atoms with Crippen molar-refractivity contribution in [2.24, 2.45) is 0 Å². The molecule has 0 radical (unpaired) electrons. The molecule has 4 atom stereocenters. The summed E-state index contributed by atoms with van der Waals surface area (Å²) in [5.41, 5.74) is 0. The highest BCUT2D eigenvalue weighted by Crippen LogP contribution is 2.38. The monoisotopic (exact) mass is 864 g/mol. The molecule has 0 heterocycles. The molecule has 0 bridgehead atoms. The summed E-state index contributed by atoms with van der Waals surface area (Å²) in [4.78, 5) is 37.6. The largest absolute Gasteiger partial charge is 0.756 e. The lowest BCUT2D eigenvalue weighted by Crippen LogP contribution is -2.37. The van der Waals surface area contributed by atoms with Gasteiger partial charge in [-0.3, -0.25) is 14.2 Å². The molecule has 0 aromatic rings. The van der Waals surface area contributed by atoms with Crippen molar-refractivity contribution in [2.75, 3.05) is 47.5 Å². The van der Waals surface area contributed by atoms with Gasteiger partial charge in [-0.05, 0) is 70.6 Å². The molecule has 0 spiro atoms. The van der Waals surface area contributed by atoms with Crippen LogP contribution >= 0.6 is 7.82 Å². The summed E-state index contributed by atoms with van der Waals surface area (Å²) in [5.74, 6) is -1.10. The van der Waals surface area contributed by atoms with E-state index in [0.29, 0.717) is 36.7 Å². The van der Waals surface area contributed by atoms with Gasteiger partial charge in [-0.25, -0.2) is 0 Å². The smallest absolute Gasteiger partial charge is 0.306 e. The number of phosphoric acid groups is 1. The number of esters is 2. The molecule has 60 heavy (non-hydrogen) atoms. The number of allylic oxidation sites excluding steroid dienone is 12. The van der Waals surface area contributed by atoms with E-state index in [1.165, 1.54) is 19.3 Å². The standard InChI is InChI=1S/C48H82NO10P/c1-6-8-10-11-12-13-14-15-16-17-18-19-20-21-25-28-32-38-47(52)56-42-46(43-58-60(54,55)57-41-40-49(3,4)5)59-48(53)39-33-37-45(51)36-31-27-24-22-23-26-30-35-44(50)34-29-9-7-2/h12-13,15-16,18-19,23-24,26-27,30-31,35-36,44-46,50-51H,6-11,14,17,20-22,25,28-29,32-34,37-43H2,1-5H3/b13-12-,16-15-,19-18-,26-23-,27-24-,35-30+,36-31+/t44-,45-,46-/m1/s1. The minimum absolute atomic E-state index is 0.0332. The van der Waals surface area contributed by atoms with Crippen LogP contribution in [-0.2, 0) is 32.7 Å². The number of likely N-dealkylation sites (N-methyl/N-ethyl adjacent to an activating group) is 1. The van der Waals surface area contributed by atoms with Gasteiger partial charge in [0.2, 0.25) is 0 Å². The summed E-state index contributed by atoms with van der Waals surface area (Å²) >= 11 is 0. The Morgan fingerprint density at radius 3 is 1.73 bits per heavy atom. The average Bonchev–Trinajstić information content (AvgIpc) is 3.19. The minimum atomic E-state index is -4.70. The van der Waals surface area contributed by atoms with Crippen molar-refractivity contribution in [3.05, 3.63) is 85.1 Å². The van der Waals surface area contributed by atoms with Crippen molar-refractivity contribution < 1.29 is 52.3 Å². The summed E-state index contributed by atoms with van der Waals surface area (Å²) in [5, 5.41) is 20.2. The number of carbonyl (C=O) groups excluding carboxylic acids is 2. The number of quaternary nitrogens is 1. The number of aliphatic hydroxyl groups is 2. The quantitative estimate of drug-likeness (QED) is 0.0153. The highest BCUT2D eigenvalue weighted by Gasteiger charge is 2.22. The summed E-state index contributed by atoms with van der Waals surface area (Å²) in [7, 11) is 0.991. The average molecular weight is 864 g/mol. The van der Waals surface area contributed by atoms with Gasteiger partial charge in [0.25, 0.3) is 7.82 Å². The van der Waals surface area contributed by atoms with E-state index in [9.17, 15) is 29.3 Å². The lowest BCUT2D eigenvalue weighted by molar-refractivity contribution is -0.870. The van der Waals surface area contributed by atoms with Crippen LogP contribution in [0.3, 0.4) is 0 Å². The maximum absolute atomic E-state index is 12.7. The molecule has 344 valence electrons. The molecule has 0 fully saturated rings. The molecule has 1 unspecified atom stereocenters. The van der Waals surface area contributed by atoms with Crippen LogP contribution in [0, 0.1) is 0 Å². The van der Waals surface area contributed by atoms with E-state index in [4.69, 9.17) is 18.5 Å². The molecule has 0 saturated carbocycles. The predicted octanol–water partition coefficient (Wildman–Crippen LogP) is 10.1. The van der Waals surface area contributed by atoms with Gasteiger partial charge >= 0.3 is 11.9 Å². The van der Waals surface area contributed by atoms with Crippen LogP contribution in [0.1, 0.15) is 142 Å². The van der Waals surface area contributed by atoms with Crippen LogP contribution in [0.15, 0.2) is 85.1 Å². The first-order valence-corrected chi connectivity index (χ1v) is 24.0. The third-order valence-electron chi connectivity index (χ3n) is 9.10. The zero-order chi connectivity index (χ0) is 44.6. The molecule has 0 aromatic carbocycles. The number of unbranched alkanes of at least 4 members (excludes halogenated alkanes) is 9. The molecule has 2 N–H and O–H groups in total. The molecule has 0 amide bonds. The second-order valence-corrected chi connectivity index (χ2v) is 17.5. The molecule has 11 nitrogen and oxygen atoms in total. The molecule has 0 saturated heterocycles. The van der Waals surface area contributed by atoms with Crippen molar-refractivity contribution in [3.63, 3.8) is 0 Å². The lowest BCUT2D eigenvalue weighted by Gasteiger charge is -2.28. The van der Waals surface area contributed by atoms with Crippen molar-refractivity contribution >= 4 is 19.8 Å². The van der Waals surface area contributed by atoms with Gasteiger partial charge in [-0.1, -0.05) is 144 Å². The molecular formula is C48H82NO10P. The number of rotatable bonds is 39. The van der Waals surface area contributed by atoms with Crippen molar-refractivity contribution in [1.29, 1.82) is 0 Å². The van der Waals surface area contributed by atoms with Gasteiger partial charge in [0.05, 0.1) is 40.0 Å². The first-order valence-electron chi connectivity index (χ1n) is 22.5. The summed E-state index contributed by atoms with van der Waals surface area (Å²) in [6, 6.07) is 0. The fourth-order valence-electron chi connectivity index (χ4n) is 5.46. The van der Waals surface area contributed by atoms with E-state index in [1.54, 1.807) is 18.2 Å². The first-order chi connectivity index (χ1) is 28.8. The van der Waals surface area contributed by atoms with E-state index >= 15 is 0 Å². The Hall–Kier alpha value is -2.89. The molecule has 0 rings (SSSR count). The second-order valence-electron chi connectivity index (χ2n) is 16.1. The topological polar surface area (TPSA) is 152 Å². The summed E-state index contributed by atoms with van der Waals surface area (Å²) in [6.45, 7) is 3.78. The maximum atomic E-state index is 12.7. The second kappa shape index (κ2) is 39.0. The first kappa shape index (κ1) is 57.1. The van der Waals surface area contributed by atoms with E-state index < -0.39 is 44.7 Å². The van der Waals surface area contributed by atoms with Crippen molar-refractivity contribution in [1.82, 2.24) is 0 Å². The number of phosphoric ester groups is 1. The van der Waals surface area contributed by atoms with E-state index in [-0.39, 0.29) is 26.1 Å². The summed E-state index contributed by atoms with van der Waals surface area (Å²) in [6.07, 6.45) is 42.5. The van der Waals surface area contributed by atoms with Gasteiger partial charge in [0.15, 0.2) is 6.10 Å². The number of hydrogen-bond donors (Lipinski definition) is 2. The fraction of sp³-hybridized carbons (Fsp3) is 0.667. The van der Waals surface area contributed by atoms with Gasteiger partial charge in [0.1, 0.15) is 19.8 Å². The zero-order valence-corrected chi connectivity index (χ0v) is 38.7. The molecule has 0 aliphatic carbocycles. The predicted molar refractivity (Wildman–Crippen MR) is 243 cm³/mol. The van der Waals surface area contributed by atoms with Crippen LogP contribution in [0.4, 0.5) is 0 Å².